The summed E-state index contributed by atoms with van der Waals surface area (Å²) in [7, 11) is 0. The molecule has 172 valence electrons. The maximum atomic E-state index is 13.2. The van der Waals surface area contributed by atoms with E-state index in [0.717, 1.165) is 17.5 Å². The molecule has 3 aliphatic rings. The van der Waals surface area contributed by atoms with Gasteiger partial charge in [0.15, 0.2) is 0 Å². The third kappa shape index (κ3) is 3.75. The number of nitrogens with zero attached hydrogens (tertiary/aromatic N) is 1. The Morgan fingerprint density at radius 1 is 1.00 bits per heavy atom. The van der Waals surface area contributed by atoms with E-state index in [2.05, 4.69) is 29.6 Å². The largest absolute Gasteiger partial charge is 0.480 e. The molecule has 0 radical (unpaired) electrons. The lowest BCUT2D eigenvalue weighted by molar-refractivity contribution is -0.156. The molecule has 0 spiro atoms. The number of aliphatic carboxylic acids is 1. The first-order chi connectivity index (χ1) is 16.0. The molecule has 2 amide bonds. The number of nitrogens with one attached hydrogen (secondary N) is 1. The van der Waals surface area contributed by atoms with Gasteiger partial charge in [-0.1, -0.05) is 55.0 Å². The van der Waals surface area contributed by atoms with Gasteiger partial charge in [0.05, 0.1) is 5.41 Å². The Balaban J connectivity index is 1.21. The number of carbonyl (C=O) groups is 3. The fraction of sp³-hybridized carbons (Fsp3) is 0.423. The van der Waals surface area contributed by atoms with Crippen LogP contribution in [-0.2, 0) is 14.3 Å². The average molecular weight is 449 g/mol. The Kier molecular flexibility index (Phi) is 5.56. The van der Waals surface area contributed by atoms with Gasteiger partial charge < -0.3 is 20.1 Å². The van der Waals surface area contributed by atoms with E-state index in [9.17, 15) is 19.5 Å². The number of ether oxygens (including phenoxy) is 1. The van der Waals surface area contributed by atoms with Crippen LogP contribution in [0.5, 0.6) is 0 Å². The summed E-state index contributed by atoms with van der Waals surface area (Å²) in [6.07, 6.45) is 2.82. The summed E-state index contributed by atoms with van der Waals surface area (Å²) >= 11 is 0. The van der Waals surface area contributed by atoms with Gasteiger partial charge >= 0.3 is 12.1 Å². The highest BCUT2D eigenvalue weighted by Crippen LogP contribution is 2.45. The third-order valence-electron chi connectivity index (χ3n) is 7.48. The van der Waals surface area contributed by atoms with Crippen LogP contribution in [0.25, 0.3) is 11.1 Å². The normalized spacial score (nSPS) is 20.5. The number of amides is 2. The smallest absolute Gasteiger partial charge is 0.407 e. The molecule has 1 heterocycles. The lowest BCUT2D eigenvalue weighted by Crippen LogP contribution is -2.55. The van der Waals surface area contributed by atoms with Crippen LogP contribution >= 0.6 is 0 Å². The lowest BCUT2D eigenvalue weighted by Gasteiger charge is -2.43. The molecule has 1 atom stereocenters. The van der Waals surface area contributed by atoms with E-state index in [-0.39, 0.29) is 25.0 Å². The third-order valence-corrected chi connectivity index (χ3v) is 7.48. The quantitative estimate of drug-likeness (QED) is 0.701. The van der Waals surface area contributed by atoms with Gasteiger partial charge in [-0.25, -0.2) is 9.59 Å². The highest BCUT2D eigenvalue weighted by atomic mass is 16.5. The first-order valence-electron chi connectivity index (χ1n) is 11.6. The van der Waals surface area contributed by atoms with Gasteiger partial charge in [0.2, 0.25) is 5.91 Å². The SMILES string of the molecule is O=C(NCC1(C(=O)N2CCC[C@H]2C(=O)O)CCC1)OCC1c2ccccc2-c2ccccc21. The van der Waals surface area contributed by atoms with Crippen LogP contribution in [0, 0.1) is 5.41 Å². The van der Waals surface area contributed by atoms with E-state index in [1.807, 2.05) is 24.3 Å². The predicted octanol–water partition coefficient (Wildman–Crippen LogP) is 3.77. The van der Waals surface area contributed by atoms with Crippen LogP contribution < -0.4 is 5.32 Å². The van der Waals surface area contributed by atoms with Crippen LogP contribution in [-0.4, -0.2) is 53.7 Å². The Bertz CT molecular complexity index is 1050. The molecule has 2 aromatic rings. The summed E-state index contributed by atoms with van der Waals surface area (Å²) in [4.78, 5) is 38.8. The standard InChI is InChI=1S/C26H28N2O5/c29-23(30)22-11-5-14-28(22)24(31)26(12-6-13-26)16-27-25(32)33-15-21-19-9-3-1-7-17(19)18-8-2-4-10-20(18)21/h1-4,7-10,21-22H,5-6,11-16H2,(H,27,32)(H,29,30)/t22-/m0/s1. The van der Waals surface area contributed by atoms with E-state index in [1.54, 1.807) is 0 Å². The van der Waals surface area contributed by atoms with Crippen molar-refractivity contribution in [2.45, 2.75) is 44.1 Å². The number of benzene rings is 2. The zero-order valence-corrected chi connectivity index (χ0v) is 18.5. The van der Waals surface area contributed by atoms with Gasteiger partial charge in [0.1, 0.15) is 12.6 Å². The van der Waals surface area contributed by atoms with E-state index in [0.29, 0.717) is 32.2 Å². The maximum Gasteiger partial charge on any atom is 0.407 e. The molecular weight excluding hydrogens is 420 g/mol. The molecule has 0 unspecified atom stereocenters. The zero-order chi connectivity index (χ0) is 23.0. The second-order valence-electron chi connectivity index (χ2n) is 9.31. The van der Waals surface area contributed by atoms with Crippen molar-refractivity contribution in [2.75, 3.05) is 19.7 Å². The number of alkyl carbamates (subject to hydrolysis) is 1. The van der Waals surface area contributed by atoms with Crippen LogP contribution in [0.3, 0.4) is 0 Å². The molecule has 2 N–H and O–H groups in total. The number of hydrogen-bond acceptors (Lipinski definition) is 4. The Morgan fingerprint density at radius 2 is 1.64 bits per heavy atom. The minimum atomic E-state index is -0.959. The van der Waals surface area contributed by atoms with Crippen LogP contribution in [0.1, 0.15) is 49.1 Å². The highest BCUT2D eigenvalue weighted by molar-refractivity contribution is 5.89. The van der Waals surface area contributed by atoms with Crippen molar-refractivity contribution in [3.05, 3.63) is 59.7 Å². The Labute approximate surface area is 192 Å². The van der Waals surface area contributed by atoms with Crippen molar-refractivity contribution < 1.29 is 24.2 Å². The molecule has 7 heteroatoms. The molecule has 33 heavy (non-hydrogen) atoms. The summed E-state index contributed by atoms with van der Waals surface area (Å²) in [5.41, 5.74) is 3.90. The first kappa shape index (κ1) is 21.5. The van der Waals surface area contributed by atoms with Crippen LogP contribution in [0.2, 0.25) is 0 Å². The molecule has 1 aliphatic heterocycles. The van der Waals surface area contributed by atoms with Crippen molar-refractivity contribution in [2.24, 2.45) is 5.41 Å². The predicted molar refractivity (Wildman–Crippen MR) is 122 cm³/mol. The molecule has 0 aromatic heterocycles. The molecular formula is C26H28N2O5. The number of rotatable bonds is 6. The zero-order valence-electron chi connectivity index (χ0n) is 18.5. The van der Waals surface area contributed by atoms with Gasteiger partial charge in [-0.15, -0.1) is 0 Å². The molecule has 1 saturated carbocycles. The Hall–Kier alpha value is -3.35. The minimum Gasteiger partial charge on any atom is -0.480 e. The minimum absolute atomic E-state index is 0.0247. The number of carbonyl (C=O) groups excluding carboxylic acids is 2. The van der Waals surface area contributed by atoms with Crippen molar-refractivity contribution in [1.82, 2.24) is 10.2 Å². The van der Waals surface area contributed by atoms with Gasteiger partial charge in [-0.05, 0) is 47.9 Å². The fourth-order valence-corrected chi connectivity index (χ4v) is 5.53. The maximum absolute atomic E-state index is 13.2. The van der Waals surface area contributed by atoms with Crippen molar-refractivity contribution >= 4 is 18.0 Å². The first-order valence-corrected chi connectivity index (χ1v) is 11.6. The molecule has 5 rings (SSSR count). The topological polar surface area (TPSA) is 95.9 Å². The average Bonchev–Trinajstić information content (AvgIpc) is 3.40. The number of carboxylic acids is 1. The molecule has 2 aliphatic carbocycles. The van der Waals surface area contributed by atoms with Gasteiger partial charge in [-0.2, -0.15) is 0 Å². The summed E-state index contributed by atoms with van der Waals surface area (Å²) < 4.78 is 5.60. The molecule has 2 aromatic carbocycles. The van der Waals surface area contributed by atoms with E-state index in [1.165, 1.54) is 16.0 Å². The summed E-state index contributed by atoms with van der Waals surface area (Å²) in [6, 6.07) is 15.6. The Morgan fingerprint density at radius 3 is 2.21 bits per heavy atom. The van der Waals surface area contributed by atoms with E-state index >= 15 is 0 Å². The van der Waals surface area contributed by atoms with Crippen molar-refractivity contribution in [1.29, 1.82) is 0 Å². The van der Waals surface area contributed by atoms with Crippen molar-refractivity contribution in [3.8, 4) is 11.1 Å². The van der Waals surface area contributed by atoms with Crippen LogP contribution in [0.4, 0.5) is 4.79 Å². The van der Waals surface area contributed by atoms with Crippen molar-refractivity contribution in [3.63, 3.8) is 0 Å². The van der Waals surface area contributed by atoms with Crippen LogP contribution in [0.15, 0.2) is 48.5 Å². The van der Waals surface area contributed by atoms with Gasteiger partial charge in [0.25, 0.3) is 0 Å². The molecule has 2 fully saturated rings. The second-order valence-corrected chi connectivity index (χ2v) is 9.31. The van der Waals surface area contributed by atoms with Gasteiger partial charge in [0, 0.05) is 19.0 Å². The number of carboxylic acid groups (broad SMARTS) is 1. The number of hydrogen-bond donors (Lipinski definition) is 2. The highest BCUT2D eigenvalue weighted by Gasteiger charge is 2.49. The van der Waals surface area contributed by atoms with E-state index in [4.69, 9.17) is 4.74 Å². The second kappa shape index (κ2) is 8.54. The van der Waals surface area contributed by atoms with E-state index < -0.39 is 23.5 Å². The fourth-order valence-electron chi connectivity index (χ4n) is 5.53. The number of fused-ring (bicyclic) bond motifs is 3. The van der Waals surface area contributed by atoms with Gasteiger partial charge in [-0.3, -0.25) is 4.79 Å². The molecule has 1 saturated heterocycles. The molecule has 7 nitrogen and oxygen atoms in total. The summed E-state index contributed by atoms with van der Waals surface area (Å²) in [5, 5.41) is 12.2. The molecule has 0 bridgehead atoms. The number of likely N-dealkylation sites (tertiary alicyclic amines) is 1. The monoisotopic (exact) mass is 448 g/mol. The summed E-state index contributed by atoms with van der Waals surface area (Å²) in [6.45, 7) is 0.849. The lowest BCUT2D eigenvalue weighted by atomic mass is 9.67. The summed E-state index contributed by atoms with van der Waals surface area (Å²) in [5.74, 6) is -1.14.